The number of sulfonamides is 1. The summed E-state index contributed by atoms with van der Waals surface area (Å²) in [6.45, 7) is 2.12. The summed E-state index contributed by atoms with van der Waals surface area (Å²) in [5.74, 6) is 1.25. The van der Waals surface area contributed by atoms with E-state index in [4.69, 9.17) is 14.2 Å². The molecule has 0 bridgehead atoms. The van der Waals surface area contributed by atoms with Crippen molar-refractivity contribution in [3.63, 3.8) is 0 Å². The van der Waals surface area contributed by atoms with Gasteiger partial charge in [0.1, 0.15) is 5.75 Å². The first kappa shape index (κ1) is 22.7. The zero-order valence-corrected chi connectivity index (χ0v) is 18.9. The Labute approximate surface area is 183 Å². The number of amides is 1. The van der Waals surface area contributed by atoms with Crippen LogP contribution in [-0.4, -0.2) is 47.4 Å². The molecule has 31 heavy (non-hydrogen) atoms. The average Bonchev–Trinajstić information content (AvgIpc) is 2.96. The van der Waals surface area contributed by atoms with Gasteiger partial charge in [-0.2, -0.15) is 0 Å². The second-order valence-electron chi connectivity index (χ2n) is 7.28. The summed E-state index contributed by atoms with van der Waals surface area (Å²) in [5.41, 5.74) is 1.31. The number of hydrogen-bond donors (Lipinski definition) is 1. The molecule has 2 aromatic rings. The highest BCUT2D eigenvalue weighted by Gasteiger charge is 2.32. The van der Waals surface area contributed by atoms with Crippen LogP contribution in [0.25, 0.3) is 0 Å². The molecule has 1 amide bonds. The molecule has 0 saturated carbocycles. The Morgan fingerprint density at radius 1 is 1.19 bits per heavy atom. The van der Waals surface area contributed by atoms with E-state index in [9.17, 15) is 13.2 Å². The molecule has 8 nitrogen and oxygen atoms in total. The molecule has 9 heteroatoms. The lowest BCUT2D eigenvalue weighted by molar-refractivity contribution is -0.128. The summed E-state index contributed by atoms with van der Waals surface area (Å²) in [7, 11) is -0.373. The van der Waals surface area contributed by atoms with Crippen LogP contribution in [0.15, 0.2) is 42.5 Å². The molecule has 1 N–H and O–H groups in total. The minimum absolute atomic E-state index is 0.154. The van der Waals surface area contributed by atoms with E-state index in [1.807, 2.05) is 19.1 Å². The Kier molecular flexibility index (Phi) is 6.94. The number of hydrogen-bond acceptors (Lipinski definition) is 6. The number of ether oxygens (including phenoxy) is 3. The number of carbonyl (C=O) groups excluding carboxylic acids is 1. The van der Waals surface area contributed by atoms with Gasteiger partial charge in [-0.3, -0.25) is 9.10 Å². The van der Waals surface area contributed by atoms with Crippen molar-refractivity contribution in [3.8, 4) is 17.2 Å². The molecule has 1 aliphatic heterocycles. The molecule has 2 atom stereocenters. The number of benzene rings is 2. The summed E-state index contributed by atoms with van der Waals surface area (Å²) in [5, 5.41) is 3.03. The number of nitrogens with zero attached hydrogens (tertiary/aromatic N) is 1. The molecule has 1 heterocycles. The Morgan fingerprint density at radius 3 is 2.55 bits per heavy atom. The lowest BCUT2D eigenvalue weighted by Crippen LogP contribution is -2.41. The first-order valence-electron chi connectivity index (χ1n) is 10.0. The van der Waals surface area contributed by atoms with Crippen LogP contribution in [0.4, 0.5) is 5.69 Å². The zero-order valence-electron chi connectivity index (χ0n) is 18.1. The van der Waals surface area contributed by atoms with Crippen molar-refractivity contribution in [3.05, 3.63) is 48.0 Å². The van der Waals surface area contributed by atoms with Crippen molar-refractivity contribution in [1.82, 2.24) is 5.32 Å². The molecule has 0 unspecified atom stereocenters. The van der Waals surface area contributed by atoms with E-state index in [1.165, 1.54) is 4.31 Å². The number of carbonyl (C=O) groups is 1. The number of para-hydroxylation sites is 2. The maximum absolute atomic E-state index is 13.1. The minimum Gasteiger partial charge on any atom is -0.493 e. The summed E-state index contributed by atoms with van der Waals surface area (Å²) < 4.78 is 42.4. The van der Waals surface area contributed by atoms with Crippen molar-refractivity contribution < 1.29 is 27.4 Å². The number of fused-ring (bicyclic) bond motifs is 1. The third-order valence-corrected chi connectivity index (χ3v) is 6.40. The molecular formula is C22H28N2O6S. The Bertz CT molecular complexity index is 1040. The van der Waals surface area contributed by atoms with Crippen molar-refractivity contribution in [1.29, 1.82) is 0 Å². The normalized spacial score (nSPS) is 17.0. The van der Waals surface area contributed by atoms with E-state index in [1.54, 1.807) is 44.6 Å². The van der Waals surface area contributed by atoms with E-state index in [0.717, 1.165) is 11.8 Å². The smallest absolute Gasteiger partial charge is 0.261 e. The summed E-state index contributed by atoms with van der Waals surface area (Å²) in [6, 6.07) is 12.1. The minimum atomic E-state index is -3.50. The van der Waals surface area contributed by atoms with Gasteiger partial charge in [0.25, 0.3) is 5.91 Å². The number of anilines is 1. The highest BCUT2D eigenvalue weighted by atomic mass is 32.2. The molecule has 0 aliphatic carbocycles. The predicted octanol–water partition coefficient (Wildman–Crippen LogP) is 2.89. The van der Waals surface area contributed by atoms with Gasteiger partial charge < -0.3 is 19.5 Å². The molecule has 2 aromatic carbocycles. The van der Waals surface area contributed by atoms with E-state index < -0.39 is 16.1 Å². The first-order chi connectivity index (χ1) is 14.8. The highest BCUT2D eigenvalue weighted by Crippen LogP contribution is 2.34. The first-order valence-corrected chi connectivity index (χ1v) is 11.9. The van der Waals surface area contributed by atoms with Gasteiger partial charge in [0, 0.05) is 13.0 Å². The van der Waals surface area contributed by atoms with Gasteiger partial charge in [-0.05, 0) is 36.2 Å². The van der Waals surface area contributed by atoms with Gasteiger partial charge in [0.2, 0.25) is 10.0 Å². The molecule has 0 spiro atoms. The second-order valence-corrected chi connectivity index (χ2v) is 9.19. The van der Waals surface area contributed by atoms with Gasteiger partial charge in [-0.1, -0.05) is 25.1 Å². The third-order valence-electron chi connectivity index (χ3n) is 5.23. The van der Waals surface area contributed by atoms with Crippen molar-refractivity contribution in [2.75, 3.05) is 31.3 Å². The quantitative estimate of drug-likeness (QED) is 0.700. The molecule has 1 aliphatic rings. The van der Waals surface area contributed by atoms with E-state index >= 15 is 0 Å². The van der Waals surface area contributed by atoms with Crippen molar-refractivity contribution in [2.24, 2.45) is 0 Å². The SMILES string of the molecule is CC[C@H](NC(=O)[C@H]1CCN(S(C)(=O)=O)c2ccccc2O1)c1ccc(OC)c(OC)c1. The maximum atomic E-state index is 13.1. The van der Waals surface area contributed by atoms with Crippen LogP contribution in [0.5, 0.6) is 17.2 Å². The fraction of sp³-hybridized carbons (Fsp3) is 0.409. The fourth-order valence-electron chi connectivity index (χ4n) is 3.61. The van der Waals surface area contributed by atoms with Crippen LogP contribution in [0.1, 0.15) is 31.4 Å². The summed E-state index contributed by atoms with van der Waals surface area (Å²) in [4.78, 5) is 13.1. The van der Waals surface area contributed by atoms with Crippen LogP contribution < -0.4 is 23.8 Å². The van der Waals surface area contributed by atoms with Crippen LogP contribution in [0, 0.1) is 0 Å². The largest absolute Gasteiger partial charge is 0.493 e. The second kappa shape index (κ2) is 9.47. The van der Waals surface area contributed by atoms with Gasteiger partial charge in [0.05, 0.1) is 32.2 Å². The van der Waals surface area contributed by atoms with Gasteiger partial charge in [0.15, 0.2) is 17.6 Å². The van der Waals surface area contributed by atoms with Crippen LogP contribution >= 0.6 is 0 Å². The Balaban J connectivity index is 1.81. The number of rotatable bonds is 7. The summed E-state index contributed by atoms with van der Waals surface area (Å²) in [6.07, 6.45) is 1.21. The van der Waals surface area contributed by atoms with E-state index in [0.29, 0.717) is 29.4 Å². The van der Waals surface area contributed by atoms with Crippen LogP contribution in [-0.2, 0) is 14.8 Å². The van der Waals surface area contributed by atoms with E-state index in [2.05, 4.69) is 5.32 Å². The topological polar surface area (TPSA) is 94.2 Å². The fourth-order valence-corrected chi connectivity index (χ4v) is 4.56. The van der Waals surface area contributed by atoms with Gasteiger partial charge in [-0.15, -0.1) is 0 Å². The molecule has 168 valence electrons. The lowest BCUT2D eigenvalue weighted by Gasteiger charge is -2.22. The van der Waals surface area contributed by atoms with E-state index in [-0.39, 0.29) is 24.9 Å². The molecular weight excluding hydrogens is 420 g/mol. The number of nitrogens with one attached hydrogen (secondary N) is 1. The third kappa shape index (κ3) is 5.04. The van der Waals surface area contributed by atoms with Crippen molar-refractivity contribution in [2.45, 2.75) is 31.9 Å². The molecule has 0 radical (unpaired) electrons. The molecule has 0 aromatic heterocycles. The van der Waals surface area contributed by atoms with Crippen LogP contribution in [0.2, 0.25) is 0 Å². The molecule has 3 rings (SSSR count). The standard InChI is InChI=1S/C22H28N2O6S/c1-5-16(15-10-11-19(28-2)21(14-15)29-3)23-22(25)20-12-13-24(31(4,26)27)17-8-6-7-9-18(17)30-20/h6-11,14,16,20H,5,12-13H2,1-4H3,(H,23,25)/t16-,20+/m0/s1. The predicted molar refractivity (Wildman–Crippen MR) is 118 cm³/mol. The van der Waals surface area contributed by atoms with Crippen LogP contribution in [0.3, 0.4) is 0 Å². The average molecular weight is 449 g/mol. The lowest BCUT2D eigenvalue weighted by atomic mass is 10.0. The van der Waals surface area contributed by atoms with Gasteiger partial charge in [-0.25, -0.2) is 8.42 Å². The summed E-state index contributed by atoms with van der Waals surface area (Å²) >= 11 is 0. The molecule has 0 saturated heterocycles. The monoisotopic (exact) mass is 448 g/mol. The zero-order chi connectivity index (χ0) is 22.6. The van der Waals surface area contributed by atoms with Gasteiger partial charge >= 0.3 is 0 Å². The maximum Gasteiger partial charge on any atom is 0.261 e. The number of methoxy groups -OCH3 is 2. The Morgan fingerprint density at radius 2 is 1.90 bits per heavy atom. The molecule has 0 fully saturated rings. The Hall–Kier alpha value is -2.94. The van der Waals surface area contributed by atoms with Crippen molar-refractivity contribution >= 4 is 21.6 Å². The highest BCUT2D eigenvalue weighted by molar-refractivity contribution is 7.92.